The summed E-state index contributed by atoms with van der Waals surface area (Å²) in [4.78, 5) is 51.3. The first-order chi connectivity index (χ1) is 4.00. The van der Waals surface area contributed by atoms with Crippen LogP contribution in [-0.2, 0) is 9.13 Å². The molecule has 10 nitrogen and oxygen atoms in total. The van der Waals surface area contributed by atoms with E-state index in [1.54, 1.807) is 0 Å². The largest absolute Gasteiger partial charge is 2.00 e. The van der Waals surface area contributed by atoms with E-state index in [-0.39, 0.29) is 125 Å². The Morgan fingerprint density at radius 1 is 0.600 bits per heavy atom. The van der Waals surface area contributed by atoms with Gasteiger partial charge >= 0.3 is 113 Å². The van der Waals surface area contributed by atoms with E-state index in [4.69, 9.17) is 38.5 Å². The minimum Gasteiger partial charge on any atom is -0.822 e. The van der Waals surface area contributed by atoms with Crippen molar-refractivity contribution in [3.05, 3.63) is 0 Å². The molecule has 0 aromatic rings. The van der Waals surface area contributed by atoms with Crippen LogP contribution in [0.25, 0.3) is 0 Å². The minimum absolute atomic E-state index is 0. The smallest absolute Gasteiger partial charge is 0.822 e. The van der Waals surface area contributed by atoms with Crippen LogP contribution in [0.4, 0.5) is 0 Å². The number of hydrogen-bond donors (Lipinski definition) is 1. The first-order valence-corrected chi connectivity index (χ1v) is 4.38. The molecule has 0 aliphatic heterocycles. The third-order valence-electron chi connectivity index (χ3n) is 0. The maximum Gasteiger partial charge on any atom is 2.00 e. The standard InChI is InChI=1S/3Ca.H3N.2H3O4P.H2O/c;;;;2*1-5(2,3)4;/h;;;1H3;2*(H3,1,2,3,4);1H2/q3*+2;;;;/p-6. The summed E-state index contributed by atoms with van der Waals surface area (Å²) in [6.45, 7) is 0. The van der Waals surface area contributed by atoms with Crippen molar-refractivity contribution in [2.75, 3.05) is 0 Å². The van der Waals surface area contributed by atoms with Gasteiger partial charge in [-0.15, -0.1) is 0 Å². The predicted molar refractivity (Wildman–Crippen MR) is 41.1 cm³/mol. The van der Waals surface area contributed by atoms with Gasteiger partial charge in [0.1, 0.15) is 0 Å². The van der Waals surface area contributed by atoms with E-state index in [0.29, 0.717) is 0 Å². The molecule has 0 aliphatic rings. The van der Waals surface area contributed by atoms with Crippen LogP contribution in [0.5, 0.6) is 0 Å². The van der Waals surface area contributed by atoms with Crippen molar-refractivity contribution in [2.45, 2.75) is 0 Å². The zero-order valence-electron chi connectivity index (χ0n) is 7.49. The van der Waals surface area contributed by atoms with E-state index in [0.717, 1.165) is 0 Å². The molecule has 80 valence electrons. The molecule has 0 rings (SSSR count). The number of rotatable bonds is 0. The molecule has 5 N–H and O–H groups in total. The van der Waals surface area contributed by atoms with Gasteiger partial charge in [-0.25, -0.2) is 0 Å². The van der Waals surface area contributed by atoms with E-state index in [9.17, 15) is 0 Å². The zero-order valence-corrected chi connectivity index (χ0v) is 15.9. The van der Waals surface area contributed by atoms with Gasteiger partial charge in [-0.1, -0.05) is 0 Å². The molecule has 0 fully saturated rings. The molecule has 0 aliphatic carbocycles. The summed E-state index contributed by atoms with van der Waals surface area (Å²) in [6.07, 6.45) is 0. The van der Waals surface area contributed by atoms with Crippen molar-refractivity contribution in [1.29, 1.82) is 0 Å². The van der Waals surface area contributed by atoms with Crippen LogP contribution in [-0.4, -0.2) is 119 Å². The van der Waals surface area contributed by atoms with Crippen molar-refractivity contribution >= 4 is 129 Å². The van der Waals surface area contributed by atoms with Gasteiger partial charge in [0, 0.05) is 0 Å². The SMILES string of the molecule is N.O.O=P([O-])([O-])[O-].O=P([O-])([O-])[O-].[Ca+2].[Ca+2].[Ca+2]. The Kier molecular flexibility index (Phi) is 57.7. The normalized spacial score (nSPS) is 7.87. The predicted octanol–water partition coefficient (Wildman–Crippen LogP) is -7.45. The molecule has 0 aromatic carbocycles. The number of phosphoric acid groups is 2. The summed E-state index contributed by atoms with van der Waals surface area (Å²) in [5, 5.41) is 0. The van der Waals surface area contributed by atoms with Gasteiger partial charge in [0.25, 0.3) is 0 Å². The second-order valence-corrected chi connectivity index (χ2v) is 2.68. The van der Waals surface area contributed by atoms with Crippen LogP contribution < -0.4 is 35.5 Å². The molecule has 0 radical (unpaired) electrons. The molecular weight excluding hydrogens is 340 g/mol. The van der Waals surface area contributed by atoms with Crippen LogP contribution in [0, 0.1) is 0 Å². The summed E-state index contributed by atoms with van der Waals surface area (Å²) in [6, 6.07) is 0. The van der Waals surface area contributed by atoms with Crippen molar-refractivity contribution in [3.63, 3.8) is 0 Å². The summed E-state index contributed by atoms with van der Waals surface area (Å²) < 4.78 is 17.1. The average Bonchev–Trinajstić information content (AvgIpc) is 1.12. The molecule has 0 aromatic heterocycles. The van der Waals surface area contributed by atoms with Crippen LogP contribution >= 0.6 is 15.6 Å². The van der Waals surface area contributed by atoms with Gasteiger partial charge in [-0.3, -0.25) is 0 Å². The Hall–Kier alpha value is 3.92. The molecular formula is H5Ca3NO9P2. The van der Waals surface area contributed by atoms with E-state index >= 15 is 0 Å². The van der Waals surface area contributed by atoms with E-state index in [1.807, 2.05) is 0 Å². The van der Waals surface area contributed by atoms with E-state index in [1.165, 1.54) is 0 Å². The van der Waals surface area contributed by atoms with Crippen molar-refractivity contribution in [1.82, 2.24) is 6.15 Å². The van der Waals surface area contributed by atoms with Gasteiger partial charge in [0.15, 0.2) is 0 Å². The Morgan fingerprint density at radius 3 is 0.600 bits per heavy atom. The first-order valence-electron chi connectivity index (χ1n) is 1.46. The third-order valence-corrected chi connectivity index (χ3v) is 0. The Bertz CT molecular complexity index is 136. The van der Waals surface area contributed by atoms with E-state index < -0.39 is 15.6 Å². The zero-order chi connectivity index (χ0) is 9.00. The third kappa shape index (κ3) is 296. The molecule has 15 heteroatoms. The molecule has 0 amide bonds. The number of hydrogen-bond acceptors (Lipinski definition) is 9. The molecule has 0 saturated carbocycles. The summed E-state index contributed by atoms with van der Waals surface area (Å²) in [5.74, 6) is 0. The van der Waals surface area contributed by atoms with Gasteiger partial charge < -0.3 is 50.1 Å². The quantitative estimate of drug-likeness (QED) is 0.323. The average molecular weight is 345 g/mol. The monoisotopic (exact) mass is 345 g/mol. The second kappa shape index (κ2) is 20.2. The Labute approximate surface area is 175 Å². The fraction of sp³-hybridized carbons (Fsp3) is 0. The molecule has 0 spiro atoms. The summed E-state index contributed by atoms with van der Waals surface area (Å²) >= 11 is 0. The molecule has 0 unspecified atom stereocenters. The van der Waals surface area contributed by atoms with Crippen LogP contribution in [0.1, 0.15) is 0 Å². The van der Waals surface area contributed by atoms with E-state index in [2.05, 4.69) is 0 Å². The maximum absolute atomic E-state index is 8.55. The van der Waals surface area contributed by atoms with Crippen molar-refractivity contribution in [3.8, 4) is 0 Å². The van der Waals surface area contributed by atoms with Crippen molar-refractivity contribution in [2.24, 2.45) is 0 Å². The van der Waals surface area contributed by atoms with Crippen LogP contribution in [0.3, 0.4) is 0 Å². The van der Waals surface area contributed by atoms with Gasteiger partial charge in [-0.2, -0.15) is 15.6 Å². The Balaban J connectivity index is -0.0000000128. The minimum atomic E-state index is -5.39. The second-order valence-electron chi connectivity index (χ2n) is 0.894. The molecule has 0 bridgehead atoms. The van der Waals surface area contributed by atoms with Crippen LogP contribution in [0.15, 0.2) is 0 Å². The molecule has 0 atom stereocenters. The van der Waals surface area contributed by atoms with Gasteiger partial charge in [-0.05, 0) is 0 Å². The summed E-state index contributed by atoms with van der Waals surface area (Å²) in [5.41, 5.74) is 0. The topological polar surface area (TPSA) is 239 Å². The fourth-order valence-corrected chi connectivity index (χ4v) is 0. The van der Waals surface area contributed by atoms with Crippen molar-refractivity contribution < 1.29 is 44.0 Å². The fourth-order valence-electron chi connectivity index (χ4n) is 0. The first kappa shape index (κ1) is 42.8. The molecule has 0 heterocycles. The Morgan fingerprint density at radius 2 is 0.600 bits per heavy atom. The van der Waals surface area contributed by atoms with Gasteiger partial charge in [0.05, 0.1) is 0 Å². The van der Waals surface area contributed by atoms with Crippen LogP contribution in [0.2, 0.25) is 0 Å². The van der Waals surface area contributed by atoms with Gasteiger partial charge in [0.2, 0.25) is 0 Å². The molecule has 15 heavy (non-hydrogen) atoms. The maximum atomic E-state index is 8.55. The molecule has 0 saturated heterocycles. The summed E-state index contributed by atoms with van der Waals surface area (Å²) in [7, 11) is -10.8.